The van der Waals surface area contributed by atoms with Crippen molar-refractivity contribution in [1.82, 2.24) is 4.72 Å². The molecule has 0 radical (unpaired) electrons. The second kappa shape index (κ2) is 7.09. The molecule has 0 aromatic heterocycles. The molecule has 0 saturated heterocycles. The molecule has 114 valence electrons. The van der Waals surface area contributed by atoms with E-state index < -0.39 is 10.0 Å². The van der Waals surface area contributed by atoms with Crippen molar-refractivity contribution in [1.29, 1.82) is 0 Å². The molecule has 0 heterocycles. The third-order valence-corrected chi connectivity index (χ3v) is 5.50. The first-order valence-corrected chi connectivity index (χ1v) is 8.74. The van der Waals surface area contributed by atoms with E-state index in [2.05, 4.69) is 18.6 Å². The second-order valence-electron chi connectivity index (χ2n) is 5.21. The molecule has 0 amide bonds. The summed E-state index contributed by atoms with van der Waals surface area (Å²) in [5, 5.41) is 0. The van der Waals surface area contributed by atoms with Gasteiger partial charge in [0, 0.05) is 11.7 Å². The van der Waals surface area contributed by atoms with Crippen LogP contribution in [0.4, 0.5) is 5.69 Å². The van der Waals surface area contributed by atoms with Gasteiger partial charge < -0.3 is 5.73 Å². The molecular weight excluding hydrogens is 272 g/mol. The van der Waals surface area contributed by atoms with Gasteiger partial charge in [0.15, 0.2) is 0 Å². The number of aryl methyl sites for hydroxylation is 1. The van der Waals surface area contributed by atoms with Crippen molar-refractivity contribution in [2.24, 2.45) is 5.92 Å². The summed E-state index contributed by atoms with van der Waals surface area (Å²) in [5.74, 6) is 0.343. The van der Waals surface area contributed by atoms with E-state index in [0.717, 1.165) is 18.4 Å². The average molecular weight is 298 g/mol. The zero-order valence-electron chi connectivity index (χ0n) is 12.8. The van der Waals surface area contributed by atoms with Crippen LogP contribution in [0.5, 0.6) is 0 Å². The maximum absolute atomic E-state index is 12.5. The number of rotatable bonds is 7. The molecule has 1 unspecified atom stereocenters. The number of anilines is 1. The summed E-state index contributed by atoms with van der Waals surface area (Å²) in [7, 11) is -3.52. The van der Waals surface area contributed by atoms with Crippen LogP contribution >= 0.6 is 0 Å². The fraction of sp³-hybridized carbons (Fsp3) is 0.600. The number of sulfonamides is 1. The van der Waals surface area contributed by atoms with Crippen LogP contribution < -0.4 is 10.5 Å². The maximum Gasteiger partial charge on any atom is 0.241 e. The lowest BCUT2D eigenvalue weighted by molar-refractivity contribution is 0.390. The Morgan fingerprint density at radius 2 is 1.80 bits per heavy atom. The molecular formula is C15H26N2O2S. The minimum absolute atomic E-state index is 0.0823. The summed E-state index contributed by atoms with van der Waals surface area (Å²) >= 11 is 0. The number of benzene rings is 1. The van der Waals surface area contributed by atoms with E-state index in [4.69, 9.17) is 5.73 Å². The van der Waals surface area contributed by atoms with Crippen molar-refractivity contribution in [2.75, 3.05) is 5.73 Å². The third kappa shape index (κ3) is 3.96. The summed E-state index contributed by atoms with van der Waals surface area (Å²) in [6.45, 7) is 8.02. The Balaban J connectivity index is 3.08. The normalized spacial score (nSPS) is 13.7. The molecule has 3 N–H and O–H groups in total. The Bertz CT molecular complexity index is 537. The standard InChI is InChI=1S/C15H26N2O2S/c1-5-12(6-2)11(4)17-20(18,19)15-10-14(16)9-8-13(15)7-3/h8-12,17H,5-7,16H2,1-4H3. The van der Waals surface area contributed by atoms with Gasteiger partial charge in [-0.3, -0.25) is 0 Å². The summed E-state index contributed by atoms with van der Waals surface area (Å²) in [5.41, 5.74) is 6.99. The van der Waals surface area contributed by atoms with Crippen LogP contribution in [0.2, 0.25) is 0 Å². The molecule has 1 aromatic carbocycles. The fourth-order valence-electron chi connectivity index (χ4n) is 2.51. The van der Waals surface area contributed by atoms with Crippen LogP contribution in [0.3, 0.4) is 0 Å². The predicted molar refractivity (Wildman–Crippen MR) is 84.1 cm³/mol. The van der Waals surface area contributed by atoms with Gasteiger partial charge in [0.1, 0.15) is 0 Å². The summed E-state index contributed by atoms with van der Waals surface area (Å²) in [6, 6.07) is 4.98. The molecule has 0 saturated carbocycles. The Labute approximate surface area is 122 Å². The van der Waals surface area contributed by atoms with E-state index in [-0.39, 0.29) is 6.04 Å². The van der Waals surface area contributed by atoms with Crippen LogP contribution in [0.25, 0.3) is 0 Å². The van der Waals surface area contributed by atoms with Gasteiger partial charge in [0.2, 0.25) is 10.0 Å². The number of nitrogen functional groups attached to an aromatic ring is 1. The van der Waals surface area contributed by atoms with Crippen LogP contribution in [0.15, 0.2) is 23.1 Å². The smallest absolute Gasteiger partial charge is 0.241 e. The van der Waals surface area contributed by atoms with E-state index in [9.17, 15) is 8.42 Å². The first kappa shape index (κ1) is 17.0. The van der Waals surface area contributed by atoms with Gasteiger partial charge in [-0.15, -0.1) is 0 Å². The molecule has 0 aliphatic heterocycles. The van der Waals surface area contributed by atoms with Crippen molar-refractivity contribution >= 4 is 15.7 Å². The molecule has 0 spiro atoms. The summed E-state index contributed by atoms with van der Waals surface area (Å²) in [4.78, 5) is 0.304. The Morgan fingerprint density at radius 1 is 1.20 bits per heavy atom. The highest BCUT2D eigenvalue weighted by Gasteiger charge is 2.23. The highest BCUT2D eigenvalue weighted by molar-refractivity contribution is 7.89. The molecule has 1 rings (SSSR count). The van der Waals surface area contributed by atoms with Gasteiger partial charge in [0.05, 0.1) is 4.90 Å². The van der Waals surface area contributed by atoms with E-state index in [0.29, 0.717) is 22.9 Å². The average Bonchev–Trinajstić information content (AvgIpc) is 2.39. The van der Waals surface area contributed by atoms with Crippen LogP contribution in [0, 0.1) is 5.92 Å². The van der Waals surface area contributed by atoms with Crippen molar-refractivity contribution in [2.45, 2.75) is 57.9 Å². The molecule has 0 bridgehead atoms. The van der Waals surface area contributed by atoms with Gasteiger partial charge >= 0.3 is 0 Å². The number of nitrogens with one attached hydrogen (secondary N) is 1. The van der Waals surface area contributed by atoms with Crippen molar-refractivity contribution in [3.8, 4) is 0 Å². The largest absolute Gasteiger partial charge is 0.399 e. The van der Waals surface area contributed by atoms with Gasteiger partial charge in [-0.2, -0.15) is 0 Å². The van der Waals surface area contributed by atoms with E-state index >= 15 is 0 Å². The van der Waals surface area contributed by atoms with Crippen LogP contribution in [-0.2, 0) is 16.4 Å². The van der Waals surface area contributed by atoms with Crippen LogP contribution in [-0.4, -0.2) is 14.5 Å². The Hall–Kier alpha value is -1.07. The van der Waals surface area contributed by atoms with Gasteiger partial charge in [-0.05, 0) is 37.0 Å². The molecule has 20 heavy (non-hydrogen) atoms. The third-order valence-electron chi connectivity index (χ3n) is 3.86. The number of nitrogens with two attached hydrogens (primary N) is 1. The lowest BCUT2D eigenvalue weighted by Crippen LogP contribution is -2.38. The first-order valence-electron chi connectivity index (χ1n) is 7.26. The highest BCUT2D eigenvalue weighted by atomic mass is 32.2. The SMILES string of the molecule is CCc1ccc(N)cc1S(=O)(=O)NC(C)C(CC)CC. The monoisotopic (exact) mass is 298 g/mol. The predicted octanol–water partition coefficient (Wildman–Crippen LogP) is 2.93. The Kier molecular flexibility index (Phi) is 6.02. The minimum Gasteiger partial charge on any atom is -0.399 e. The molecule has 4 nitrogen and oxygen atoms in total. The Morgan fingerprint density at radius 3 is 2.30 bits per heavy atom. The molecule has 1 atom stereocenters. The van der Waals surface area contributed by atoms with E-state index in [1.165, 1.54) is 0 Å². The van der Waals surface area contributed by atoms with Gasteiger partial charge in [0.25, 0.3) is 0 Å². The van der Waals surface area contributed by atoms with Crippen molar-refractivity contribution in [3.05, 3.63) is 23.8 Å². The van der Waals surface area contributed by atoms with Crippen molar-refractivity contribution in [3.63, 3.8) is 0 Å². The second-order valence-corrected chi connectivity index (χ2v) is 6.89. The molecule has 0 aliphatic carbocycles. The number of hydrogen-bond acceptors (Lipinski definition) is 3. The molecule has 1 aromatic rings. The molecule has 0 aliphatic rings. The zero-order chi connectivity index (χ0) is 15.3. The molecule has 0 fully saturated rings. The first-order chi connectivity index (χ1) is 9.35. The van der Waals surface area contributed by atoms with Crippen LogP contribution in [0.1, 0.15) is 46.1 Å². The quantitative estimate of drug-likeness (QED) is 0.760. The minimum atomic E-state index is -3.52. The van der Waals surface area contributed by atoms with E-state index in [1.54, 1.807) is 18.2 Å². The van der Waals surface area contributed by atoms with Gasteiger partial charge in [-0.1, -0.05) is 39.7 Å². The topological polar surface area (TPSA) is 72.2 Å². The lowest BCUT2D eigenvalue weighted by Gasteiger charge is -2.23. The molecule has 5 heteroatoms. The van der Waals surface area contributed by atoms with Gasteiger partial charge in [-0.25, -0.2) is 13.1 Å². The number of hydrogen-bond donors (Lipinski definition) is 2. The lowest BCUT2D eigenvalue weighted by atomic mass is 9.96. The highest BCUT2D eigenvalue weighted by Crippen LogP contribution is 2.22. The van der Waals surface area contributed by atoms with Crippen molar-refractivity contribution < 1.29 is 8.42 Å². The summed E-state index contributed by atoms with van der Waals surface area (Å²) < 4.78 is 27.9. The summed E-state index contributed by atoms with van der Waals surface area (Å²) in [6.07, 6.45) is 2.57. The fourth-order valence-corrected chi connectivity index (χ4v) is 4.17. The van der Waals surface area contributed by atoms with E-state index in [1.807, 2.05) is 13.8 Å². The zero-order valence-corrected chi connectivity index (χ0v) is 13.6. The maximum atomic E-state index is 12.5.